The summed E-state index contributed by atoms with van der Waals surface area (Å²) in [6, 6.07) is 7.09. The maximum atomic E-state index is 15.2. The predicted molar refractivity (Wildman–Crippen MR) is 153 cm³/mol. The number of hydrogen-bond acceptors (Lipinski definition) is 8. The van der Waals surface area contributed by atoms with Crippen LogP contribution < -0.4 is 10.5 Å². The minimum atomic E-state index is -3.27. The average molecular weight is 598 g/mol. The van der Waals surface area contributed by atoms with E-state index >= 15 is 8.78 Å². The Kier molecular flexibility index (Phi) is 7.71. The smallest absolute Gasteiger partial charge is 0.152 e. The predicted octanol–water partition coefficient (Wildman–Crippen LogP) is 4.08. The number of imidazole rings is 1. The van der Waals surface area contributed by atoms with Crippen molar-refractivity contribution in [2.45, 2.75) is 55.9 Å². The summed E-state index contributed by atoms with van der Waals surface area (Å²) < 4.78 is 67.6. The first kappa shape index (κ1) is 28.6. The van der Waals surface area contributed by atoms with E-state index in [0.29, 0.717) is 50.2 Å². The Morgan fingerprint density at radius 2 is 1.93 bits per heavy atom. The second-order valence-corrected chi connectivity index (χ2v) is 13.7. The van der Waals surface area contributed by atoms with E-state index < -0.39 is 32.8 Å². The molecule has 42 heavy (non-hydrogen) atoms. The Bertz CT molecular complexity index is 1690. The van der Waals surface area contributed by atoms with Gasteiger partial charge in [-0.1, -0.05) is 6.92 Å². The van der Waals surface area contributed by atoms with E-state index in [1.165, 1.54) is 18.4 Å². The van der Waals surface area contributed by atoms with Gasteiger partial charge in [-0.05, 0) is 54.0 Å². The van der Waals surface area contributed by atoms with Gasteiger partial charge in [0.05, 0.1) is 41.4 Å². The number of rotatable bonds is 7. The van der Waals surface area contributed by atoms with Gasteiger partial charge in [-0.2, -0.15) is 5.10 Å². The van der Waals surface area contributed by atoms with E-state index in [4.69, 9.17) is 15.2 Å². The number of aromatic nitrogens is 4. The lowest BCUT2D eigenvalue weighted by Gasteiger charge is -2.38. The lowest BCUT2D eigenvalue weighted by Crippen LogP contribution is -2.48. The number of halogens is 2. The highest BCUT2D eigenvalue weighted by molar-refractivity contribution is 7.91. The van der Waals surface area contributed by atoms with Crippen molar-refractivity contribution in [3.63, 3.8) is 0 Å². The van der Waals surface area contributed by atoms with Crippen molar-refractivity contribution in [3.05, 3.63) is 77.5 Å². The second-order valence-electron chi connectivity index (χ2n) is 11.4. The molecule has 0 bridgehead atoms. The number of hydrogen-bond donors (Lipinski definition) is 1. The largest absolute Gasteiger partial charge is 0.488 e. The molecule has 3 aromatic heterocycles. The Hall–Kier alpha value is -3.48. The maximum Gasteiger partial charge on any atom is 0.152 e. The van der Waals surface area contributed by atoms with Crippen molar-refractivity contribution in [3.8, 4) is 17.0 Å². The highest BCUT2D eigenvalue weighted by atomic mass is 32.2. The van der Waals surface area contributed by atoms with Crippen LogP contribution in [0.25, 0.3) is 16.8 Å². The molecule has 2 aliphatic rings. The van der Waals surface area contributed by atoms with E-state index in [-0.39, 0.29) is 34.9 Å². The van der Waals surface area contributed by atoms with E-state index in [2.05, 4.69) is 15.1 Å². The molecule has 0 spiro atoms. The van der Waals surface area contributed by atoms with Crippen LogP contribution in [0.4, 0.5) is 8.78 Å². The fourth-order valence-electron chi connectivity index (χ4n) is 6.56. The van der Waals surface area contributed by atoms with Gasteiger partial charge in [-0.25, -0.2) is 26.7 Å². The quantitative estimate of drug-likeness (QED) is 0.338. The summed E-state index contributed by atoms with van der Waals surface area (Å²) in [5, 5.41) is 3.99. The third-order valence-electron chi connectivity index (χ3n) is 8.34. The van der Waals surface area contributed by atoms with Crippen LogP contribution in [0.3, 0.4) is 0 Å². The van der Waals surface area contributed by atoms with Crippen LogP contribution in [0.2, 0.25) is 0 Å². The molecule has 6 rings (SSSR count). The molecule has 12 heteroatoms. The van der Waals surface area contributed by atoms with Crippen molar-refractivity contribution in [1.29, 1.82) is 0 Å². The Morgan fingerprint density at radius 3 is 2.62 bits per heavy atom. The third-order valence-corrected chi connectivity index (χ3v) is 10.1. The Labute approximate surface area is 243 Å². The normalized spacial score (nSPS) is 24.7. The van der Waals surface area contributed by atoms with E-state index in [9.17, 15) is 8.42 Å². The molecule has 1 saturated carbocycles. The topological polar surface area (TPSA) is 122 Å². The summed E-state index contributed by atoms with van der Waals surface area (Å²) >= 11 is 0. The molecule has 4 aromatic rings. The van der Waals surface area contributed by atoms with Gasteiger partial charge in [0, 0.05) is 49.7 Å². The Morgan fingerprint density at radius 1 is 1.14 bits per heavy atom. The monoisotopic (exact) mass is 597 g/mol. The summed E-state index contributed by atoms with van der Waals surface area (Å²) in [5.74, 6) is -0.910. The standard InChI is InChI=1S/C30H33F2N5O4S/c1-17-9-18(10-26(33)30(17)42(2,38)39)23-5-7-34-14-19(23)11-28-35-15-20-3-4-27(36-37(20)28)29-24(31)12-22(13-25(29)32)41-21-6-8-40-16-21/h3-5,7,12-15,17-18,21,26,30H,6,8-11,16,33H2,1-2H3/t17-,18+,21?,26+,30+/m0/s1. The molecule has 1 aliphatic carbocycles. The molecule has 1 aliphatic heterocycles. The molecular formula is C30H33F2N5O4S. The van der Waals surface area contributed by atoms with Crippen molar-refractivity contribution >= 4 is 15.4 Å². The number of nitrogens with two attached hydrogens (primary N) is 1. The summed E-state index contributed by atoms with van der Waals surface area (Å²) in [6.07, 6.45) is 8.42. The van der Waals surface area contributed by atoms with Crippen LogP contribution >= 0.6 is 0 Å². The van der Waals surface area contributed by atoms with Gasteiger partial charge >= 0.3 is 0 Å². The number of sulfone groups is 1. The van der Waals surface area contributed by atoms with Crippen LogP contribution in [0, 0.1) is 17.6 Å². The Balaban J connectivity index is 1.28. The summed E-state index contributed by atoms with van der Waals surface area (Å²) in [5.41, 5.74) is 8.88. The van der Waals surface area contributed by atoms with Crippen LogP contribution in [0.1, 0.15) is 49.1 Å². The lowest BCUT2D eigenvalue weighted by atomic mass is 9.75. The van der Waals surface area contributed by atoms with Crippen molar-refractivity contribution < 1.29 is 26.7 Å². The summed E-state index contributed by atoms with van der Waals surface area (Å²) in [4.78, 5) is 8.87. The molecule has 4 heterocycles. The van der Waals surface area contributed by atoms with Crippen molar-refractivity contribution in [2.75, 3.05) is 19.5 Å². The zero-order valence-corrected chi connectivity index (χ0v) is 24.2. The first-order chi connectivity index (χ1) is 20.1. The highest BCUT2D eigenvalue weighted by Crippen LogP contribution is 2.40. The zero-order chi connectivity index (χ0) is 29.6. The number of pyridine rings is 1. The van der Waals surface area contributed by atoms with Crippen LogP contribution in [-0.2, 0) is 21.0 Å². The van der Waals surface area contributed by atoms with Gasteiger partial charge in [0.2, 0.25) is 0 Å². The van der Waals surface area contributed by atoms with Gasteiger partial charge in [0.25, 0.3) is 0 Å². The molecule has 222 valence electrons. The van der Waals surface area contributed by atoms with Gasteiger partial charge in [0.15, 0.2) is 9.84 Å². The van der Waals surface area contributed by atoms with Gasteiger partial charge in [-0.3, -0.25) is 4.98 Å². The van der Waals surface area contributed by atoms with Gasteiger partial charge in [0.1, 0.15) is 29.3 Å². The first-order valence-electron chi connectivity index (χ1n) is 14.0. The molecule has 1 unspecified atom stereocenters. The fraction of sp³-hybridized carbons (Fsp3) is 0.433. The molecule has 5 atom stereocenters. The minimum Gasteiger partial charge on any atom is -0.488 e. The summed E-state index contributed by atoms with van der Waals surface area (Å²) in [6.45, 7) is 2.88. The third kappa shape index (κ3) is 5.62. The molecule has 0 radical (unpaired) electrons. The van der Waals surface area contributed by atoms with Crippen LogP contribution in [0.5, 0.6) is 5.75 Å². The SMILES string of the molecule is C[C@H]1C[C@@H](c2ccncc2Cc2ncc3ccc(-c4c(F)cc(OC5CCOC5)cc4F)nn23)C[C@@H](N)[C@@H]1S(C)(=O)=O. The maximum absolute atomic E-state index is 15.2. The first-order valence-corrected chi connectivity index (χ1v) is 16.0. The van der Waals surface area contributed by atoms with E-state index in [0.717, 1.165) is 11.1 Å². The number of nitrogens with zero attached hydrogens (tertiary/aromatic N) is 4. The van der Waals surface area contributed by atoms with Gasteiger partial charge in [-0.15, -0.1) is 0 Å². The molecule has 2 N–H and O–H groups in total. The van der Waals surface area contributed by atoms with Crippen molar-refractivity contribution in [2.24, 2.45) is 11.7 Å². The molecular weight excluding hydrogens is 564 g/mol. The number of ether oxygens (including phenoxy) is 2. The van der Waals surface area contributed by atoms with Crippen molar-refractivity contribution in [1.82, 2.24) is 19.6 Å². The van der Waals surface area contributed by atoms with Gasteiger partial charge < -0.3 is 15.2 Å². The molecule has 2 fully saturated rings. The van der Waals surface area contributed by atoms with E-state index in [1.807, 2.05) is 13.0 Å². The molecule has 1 aromatic carbocycles. The number of benzene rings is 1. The van der Waals surface area contributed by atoms with Crippen LogP contribution in [0.15, 0.2) is 48.9 Å². The summed E-state index contributed by atoms with van der Waals surface area (Å²) in [7, 11) is -3.27. The number of fused-ring (bicyclic) bond motifs is 1. The highest BCUT2D eigenvalue weighted by Gasteiger charge is 2.40. The molecule has 1 saturated heterocycles. The zero-order valence-electron chi connectivity index (χ0n) is 23.4. The minimum absolute atomic E-state index is 0.0560. The second kappa shape index (κ2) is 11.3. The average Bonchev–Trinajstić information content (AvgIpc) is 3.57. The fourth-order valence-corrected chi connectivity index (χ4v) is 8.26. The van der Waals surface area contributed by atoms with Crippen LogP contribution in [-0.4, -0.2) is 64.9 Å². The van der Waals surface area contributed by atoms with E-state index in [1.54, 1.807) is 35.2 Å². The molecule has 9 nitrogen and oxygen atoms in total. The molecule has 0 amide bonds. The lowest BCUT2D eigenvalue weighted by molar-refractivity contribution is 0.141.